The Bertz CT molecular complexity index is 628. The highest BCUT2D eigenvalue weighted by atomic mass is 32.1. The maximum absolute atomic E-state index is 12.1. The van der Waals surface area contributed by atoms with E-state index in [1.165, 1.54) is 17.0 Å². The van der Waals surface area contributed by atoms with Crippen molar-refractivity contribution in [1.82, 2.24) is 4.98 Å². The second kappa shape index (κ2) is 4.70. The van der Waals surface area contributed by atoms with Crippen LogP contribution in [-0.4, -0.2) is 24.1 Å². The maximum Gasteiger partial charge on any atom is 0.309 e. The van der Waals surface area contributed by atoms with Crippen LogP contribution >= 0.6 is 11.3 Å². The molecule has 1 N–H and O–H groups in total. The second-order valence-electron chi connectivity index (χ2n) is 7.62. The smallest absolute Gasteiger partial charge is 0.309 e. The molecule has 0 aromatic carbocycles. The summed E-state index contributed by atoms with van der Waals surface area (Å²) in [5.74, 6) is 1.23. The first-order valence-corrected chi connectivity index (χ1v) is 9.14. The fourth-order valence-corrected chi connectivity index (χ4v) is 6.40. The van der Waals surface area contributed by atoms with E-state index in [1.54, 1.807) is 11.3 Å². The molecule has 0 amide bonds. The number of thiazole rings is 1. The molecule has 1 saturated carbocycles. The Labute approximate surface area is 135 Å². The molecule has 1 aromatic heterocycles. The Kier molecular flexibility index (Phi) is 3.09. The van der Waals surface area contributed by atoms with Crippen molar-refractivity contribution in [2.45, 2.75) is 52.1 Å². The number of anilines is 1. The van der Waals surface area contributed by atoms with E-state index in [0.29, 0.717) is 17.8 Å². The number of esters is 1. The van der Waals surface area contributed by atoms with Gasteiger partial charge in [0.15, 0.2) is 5.13 Å². The van der Waals surface area contributed by atoms with E-state index in [4.69, 9.17) is 9.72 Å². The molecule has 120 valence electrons. The van der Waals surface area contributed by atoms with Crippen molar-refractivity contribution in [3.8, 4) is 0 Å². The van der Waals surface area contributed by atoms with E-state index in [2.05, 4.69) is 19.2 Å². The first-order valence-electron chi connectivity index (χ1n) is 8.32. The van der Waals surface area contributed by atoms with Crippen LogP contribution in [0.2, 0.25) is 0 Å². The lowest BCUT2D eigenvalue weighted by Gasteiger charge is -2.51. The summed E-state index contributed by atoms with van der Waals surface area (Å²) in [4.78, 5) is 18.3. The van der Waals surface area contributed by atoms with Gasteiger partial charge >= 0.3 is 5.97 Å². The molecular formula is C17H24N2O2S. The Morgan fingerprint density at radius 1 is 1.36 bits per heavy atom. The van der Waals surface area contributed by atoms with Gasteiger partial charge in [0.05, 0.1) is 11.6 Å². The number of nitrogens with zero attached hydrogens (tertiary/aromatic N) is 1. The molecule has 1 aliphatic heterocycles. The number of nitrogens with one attached hydrogen (secondary N) is 1. The van der Waals surface area contributed by atoms with Gasteiger partial charge in [0, 0.05) is 29.7 Å². The van der Waals surface area contributed by atoms with Gasteiger partial charge in [-0.3, -0.25) is 4.79 Å². The highest BCUT2D eigenvalue weighted by Gasteiger charge is 2.58. The first-order chi connectivity index (χ1) is 10.4. The molecule has 2 heterocycles. The summed E-state index contributed by atoms with van der Waals surface area (Å²) in [6.45, 7) is 6.71. The van der Waals surface area contributed by atoms with Gasteiger partial charge in [-0.1, -0.05) is 20.8 Å². The second-order valence-corrected chi connectivity index (χ2v) is 8.70. The number of carbonyl (C=O) groups excluding carboxylic acids is 1. The van der Waals surface area contributed by atoms with Crippen LogP contribution < -0.4 is 5.32 Å². The lowest BCUT2D eigenvalue weighted by molar-refractivity contribution is -0.149. The van der Waals surface area contributed by atoms with Gasteiger partial charge in [0.1, 0.15) is 6.10 Å². The lowest BCUT2D eigenvalue weighted by Crippen LogP contribution is -2.50. The van der Waals surface area contributed by atoms with Crippen molar-refractivity contribution in [3.63, 3.8) is 0 Å². The predicted octanol–water partition coefficient (Wildman–Crippen LogP) is 3.44. The lowest BCUT2D eigenvalue weighted by atomic mass is 9.54. The summed E-state index contributed by atoms with van der Waals surface area (Å²) in [7, 11) is 1.93. The third-order valence-electron chi connectivity index (χ3n) is 6.37. The fraction of sp³-hybridized carbons (Fsp3) is 0.765. The van der Waals surface area contributed by atoms with Crippen molar-refractivity contribution in [2.24, 2.45) is 23.2 Å². The molecule has 0 bridgehead atoms. The molecule has 1 saturated heterocycles. The van der Waals surface area contributed by atoms with Crippen LogP contribution in [0.1, 0.15) is 50.1 Å². The molecule has 0 radical (unpaired) electrons. The molecule has 22 heavy (non-hydrogen) atoms. The van der Waals surface area contributed by atoms with Gasteiger partial charge in [0.2, 0.25) is 0 Å². The topological polar surface area (TPSA) is 51.2 Å². The van der Waals surface area contributed by atoms with E-state index in [0.717, 1.165) is 18.0 Å². The highest BCUT2D eigenvalue weighted by molar-refractivity contribution is 7.15. The molecule has 3 aliphatic rings. The zero-order chi connectivity index (χ0) is 15.6. The van der Waals surface area contributed by atoms with E-state index in [1.807, 2.05) is 14.0 Å². The van der Waals surface area contributed by atoms with Crippen molar-refractivity contribution >= 4 is 22.4 Å². The molecule has 2 fully saturated rings. The molecule has 6 unspecified atom stereocenters. The third kappa shape index (κ3) is 1.81. The van der Waals surface area contributed by atoms with Crippen molar-refractivity contribution < 1.29 is 9.53 Å². The summed E-state index contributed by atoms with van der Waals surface area (Å²) in [6, 6.07) is 0. The molecule has 1 aromatic rings. The van der Waals surface area contributed by atoms with Crippen molar-refractivity contribution in [3.05, 3.63) is 10.6 Å². The summed E-state index contributed by atoms with van der Waals surface area (Å²) >= 11 is 1.79. The van der Waals surface area contributed by atoms with Gasteiger partial charge in [0.25, 0.3) is 0 Å². The Hall–Kier alpha value is -1.10. The number of rotatable bonds is 1. The van der Waals surface area contributed by atoms with Gasteiger partial charge < -0.3 is 10.1 Å². The molecule has 6 atom stereocenters. The molecule has 5 heteroatoms. The predicted molar refractivity (Wildman–Crippen MR) is 87.1 cm³/mol. The van der Waals surface area contributed by atoms with Crippen LogP contribution in [0, 0.1) is 23.2 Å². The minimum atomic E-state index is 0.00596. The summed E-state index contributed by atoms with van der Waals surface area (Å²) < 4.78 is 5.85. The van der Waals surface area contributed by atoms with Crippen LogP contribution in [0.25, 0.3) is 0 Å². The van der Waals surface area contributed by atoms with Crippen LogP contribution in [0.15, 0.2) is 0 Å². The maximum atomic E-state index is 12.1. The zero-order valence-electron chi connectivity index (χ0n) is 13.7. The SMILES string of the molecule is CNc1nc2c(s1)CC1(C)CCC3C(C)C(=O)OC3C1C2C. The normalized spacial score (nSPS) is 43.1. The molecule has 0 spiro atoms. The van der Waals surface area contributed by atoms with Crippen LogP contribution in [0.4, 0.5) is 5.13 Å². The number of hydrogen-bond donors (Lipinski definition) is 1. The van der Waals surface area contributed by atoms with Gasteiger partial charge in [-0.2, -0.15) is 0 Å². The Morgan fingerprint density at radius 3 is 2.86 bits per heavy atom. The average Bonchev–Trinajstić information content (AvgIpc) is 3.00. The number of carbonyl (C=O) groups is 1. The van der Waals surface area contributed by atoms with Crippen molar-refractivity contribution in [1.29, 1.82) is 0 Å². The zero-order valence-corrected chi connectivity index (χ0v) is 14.5. The molecule has 2 aliphatic carbocycles. The molecular weight excluding hydrogens is 296 g/mol. The third-order valence-corrected chi connectivity index (χ3v) is 7.46. The van der Waals surface area contributed by atoms with Gasteiger partial charge in [-0.15, -0.1) is 11.3 Å². The number of ether oxygens (including phenoxy) is 1. The van der Waals surface area contributed by atoms with Crippen LogP contribution in [0.5, 0.6) is 0 Å². The van der Waals surface area contributed by atoms with Gasteiger partial charge in [-0.05, 0) is 24.7 Å². The van der Waals surface area contributed by atoms with E-state index >= 15 is 0 Å². The minimum absolute atomic E-state index is 0.00596. The molecule has 4 rings (SSSR count). The first kappa shape index (κ1) is 14.5. The fourth-order valence-electron chi connectivity index (χ4n) is 5.19. The van der Waals surface area contributed by atoms with Crippen LogP contribution in [-0.2, 0) is 16.0 Å². The van der Waals surface area contributed by atoms with E-state index in [-0.39, 0.29) is 23.4 Å². The summed E-state index contributed by atoms with van der Waals surface area (Å²) in [5.41, 5.74) is 1.46. The minimum Gasteiger partial charge on any atom is -0.461 e. The Balaban J connectivity index is 1.76. The van der Waals surface area contributed by atoms with E-state index < -0.39 is 0 Å². The van der Waals surface area contributed by atoms with Crippen LogP contribution in [0.3, 0.4) is 0 Å². The standard InChI is InChI=1S/C17H24N2O2S/c1-8-10-5-6-17(3)7-11-13(19-16(18-4)22-11)9(2)12(17)14(10)21-15(8)20/h8-10,12,14H,5-7H2,1-4H3,(H,18,19). The quantitative estimate of drug-likeness (QED) is 0.805. The van der Waals surface area contributed by atoms with Crippen molar-refractivity contribution in [2.75, 3.05) is 12.4 Å². The van der Waals surface area contributed by atoms with E-state index in [9.17, 15) is 4.79 Å². The number of hydrogen-bond acceptors (Lipinski definition) is 5. The highest BCUT2D eigenvalue weighted by Crippen LogP contribution is 2.59. The summed E-state index contributed by atoms with van der Waals surface area (Å²) in [6.07, 6.45) is 3.47. The number of aromatic nitrogens is 1. The largest absolute Gasteiger partial charge is 0.461 e. The average molecular weight is 320 g/mol. The Morgan fingerprint density at radius 2 is 2.14 bits per heavy atom. The molecule has 4 nitrogen and oxygen atoms in total. The monoisotopic (exact) mass is 320 g/mol. The number of fused-ring (bicyclic) bond motifs is 4. The van der Waals surface area contributed by atoms with Gasteiger partial charge in [-0.25, -0.2) is 4.98 Å². The summed E-state index contributed by atoms with van der Waals surface area (Å²) in [5, 5.41) is 4.19.